The van der Waals surface area contributed by atoms with Crippen molar-refractivity contribution in [2.24, 2.45) is 5.92 Å². The van der Waals surface area contributed by atoms with Crippen molar-refractivity contribution in [1.82, 2.24) is 4.90 Å². The van der Waals surface area contributed by atoms with Crippen molar-refractivity contribution in [3.05, 3.63) is 65.0 Å². The Morgan fingerprint density at radius 1 is 1.07 bits per heavy atom. The van der Waals surface area contributed by atoms with Gasteiger partial charge in [0.2, 0.25) is 11.8 Å². The molecule has 1 heterocycles. The fourth-order valence-corrected chi connectivity index (χ4v) is 4.42. The number of rotatable bonds is 2. The Hall–Kier alpha value is -2.69. The number of carbonyl (C=O) groups excluding carboxylic acids is 2. The van der Waals surface area contributed by atoms with E-state index in [1.807, 2.05) is 25.1 Å². The molecule has 0 radical (unpaired) electrons. The van der Waals surface area contributed by atoms with Crippen LogP contribution in [0.2, 0.25) is 0 Å². The van der Waals surface area contributed by atoms with Crippen molar-refractivity contribution in [3.63, 3.8) is 0 Å². The van der Waals surface area contributed by atoms with Crippen LogP contribution in [0.5, 0.6) is 0 Å². The number of aryl methyl sites for hydroxylation is 1. The quantitative estimate of drug-likeness (QED) is 0.829. The van der Waals surface area contributed by atoms with Gasteiger partial charge in [0.15, 0.2) is 0 Å². The van der Waals surface area contributed by atoms with Crippen LogP contribution >= 0.6 is 0 Å². The lowest BCUT2D eigenvalue weighted by molar-refractivity contribution is -0.140. The van der Waals surface area contributed by atoms with Gasteiger partial charge in [-0.1, -0.05) is 49.1 Å². The second-order valence-electron chi connectivity index (χ2n) is 7.89. The van der Waals surface area contributed by atoms with Crippen molar-refractivity contribution in [2.75, 3.05) is 11.9 Å². The zero-order valence-corrected chi connectivity index (χ0v) is 16.1. The Morgan fingerprint density at radius 3 is 2.50 bits per heavy atom. The summed E-state index contributed by atoms with van der Waals surface area (Å²) in [7, 11) is 0. The van der Waals surface area contributed by atoms with E-state index in [0.29, 0.717) is 5.69 Å². The van der Waals surface area contributed by atoms with Gasteiger partial charge in [-0.3, -0.25) is 9.59 Å². The molecule has 2 aliphatic rings. The zero-order valence-electron chi connectivity index (χ0n) is 16.1. The van der Waals surface area contributed by atoms with Gasteiger partial charge in [0.25, 0.3) is 0 Å². The molecule has 146 valence electrons. The third-order valence-corrected chi connectivity index (χ3v) is 5.82. The van der Waals surface area contributed by atoms with E-state index in [2.05, 4.69) is 5.32 Å². The highest BCUT2D eigenvalue weighted by atomic mass is 19.1. The summed E-state index contributed by atoms with van der Waals surface area (Å²) < 4.78 is 13.6. The van der Waals surface area contributed by atoms with E-state index in [1.54, 1.807) is 17.0 Å². The first kappa shape index (κ1) is 18.7. The van der Waals surface area contributed by atoms with E-state index in [9.17, 15) is 14.0 Å². The number of hydrogen-bond acceptors (Lipinski definition) is 2. The fourth-order valence-electron chi connectivity index (χ4n) is 4.42. The first-order chi connectivity index (χ1) is 13.5. The largest absolute Gasteiger partial charge is 0.324 e. The SMILES string of the molecule is Cc1ccc2c(c1)C(c1ccc(F)cc1)N(C(=O)C1CCCCC1)CC(=O)N2. The lowest BCUT2D eigenvalue weighted by Gasteiger charge is -2.34. The zero-order chi connectivity index (χ0) is 19.7. The molecule has 1 fully saturated rings. The summed E-state index contributed by atoms with van der Waals surface area (Å²) in [6.07, 6.45) is 5.00. The lowest BCUT2D eigenvalue weighted by Crippen LogP contribution is -2.42. The van der Waals surface area contributed by atoms with E-state index in [-0.39, 0.29) is 30.1 Å². The smallest absolute Gasteiger partial charge is 0.244 e. The van der Waals surface area contributed by atoms with Crippen molar-refractivity contribution >= 4 is 17.5 Å². The maximum Gasteiger partial charge on any atom is 0.244 e. The average Bonchev–Trinajstić information content (AvgIpc) is 2.84. The van der Waals surface area contributed by atoms with Gasteiger partial charge >= 0.3 is 0 Å². The van der Waals surface area contributed by atoms with Crippen LogP contribution in [0.25, 0.3) is 0 Å². The van der Waals surface area contributed by atoms with Gasteiger partial charge in [-0.2, -0.15) is 0 Å². The van der Waals surface area contributed by atoms with Gasteiger partial charge < -0.3 is 10.2 Å². The Balaban J connectivity index is 1.82. The summed E-state index contributed by atoms with van der Waals surface area (Å²) >= 11 is 0. The molecule has 1 atom stereocenters. The number of nitrogens with one attached hydrogen (secondary N) is 1. The third-order valence-electron chi connectivity index (χ3n) is 5.82. The van der Waals surface area contributed by atoms with E-state index >= 15 is 0 Å². The second-order valence-corrected chi connectivity index (χ2v) is 7.89. The molecule has 0 aromatic heterocycles. The molecule has 0 bridgehead atoms. The highest BCUT2D eigenvalue weighted by molar-refractivity contribution is 5.97. The van der Waals surface area contributed by atoms with Crippen LogP contribution in [-0.2, 0) is 9.59 Å². The first-order valence-corrected chi connectivity index (χ1v) is 9.99. The normalized spacial score (nSPS) is 20.3. The molecule has 1 saturated carbocycles. The summed E-state index contributed by atoms with van der Waals surface area (Å²) in [5.74, 6) is -0.533. The molecule has 0 spiro atoms. The average molecular weight is 380 g/mol. The number of carbonyl (C=O) groups is 2. The van der Waals surface area contributed by atoms with Crippen molar-refractivity contribution in [1.29, 1.82) is 0 Å². The van der Waals surface area contributed by atoms with Gasteiger partial charge in [0.05, 0.1) is 6.04 Å². The summed E-state index contributed by atoms with van der Waals surface area (Å²) in [6, 6.07) is 11.7. The Kier molecular flexibility index (Phi) is 5.16. The number of anilines is 1. The number of fused-ring (bicyclic) bond motifs is 1. The van der Waals surface area contributed by atoms with E-state index in [1.165, 1.54) is 12.1 Å². The molecule has 1 aliphatic heterocycles. The molecule has 1 aliphatic carbocycles. The van der Waals surface area contributed by atoms with E-state index in [0.717, 1.165) is 48.8 Å². The first-order valence-electron chi connectivity index (χ1n) is 9.99. The van der Waals surface area contributed by atoms with Crippen molar-refractivity contribution in [3.8, 4) is 0 Å². The molecule has 5 heteroatoms. The third kappa shape index (κ3) is 3.66. The van der Waals surface area contributed by atoms with Crippen molar-refractivity contribution < 1.29 is 14.0 Å². The van der Waals surface area contributed by atoms with Gasteiger partial charge in [-0.15, -0.1) is 0 Å². The molecule has 1 unspecified atom stereocenters. The lowest BCUT2D eigenvalue weighted by atomic mass is 9.86. The summed E-state index contributed by atoms with van der Waals surface area (Å²) in [5.41, 5.74) is 3.45. The van der Waals surface area contributed by atoms with Crippen LogP contribution in [0.4, 0.5) is 10.1 Å². The van der Waals surface area contributed by atoms with Gasteiger partial charge in [-0.05, 0) is 43.5 Å². The van der Waals surface area contributed by atoms with Crippen LogP contribution in [0.1, 0.15) is 54.8 Å². The molecule has 2 amide bonds. The van der Waals surface area contributed by atoms with Crippen LogP contribution in [0, 0.1) is 18.7 Å². The van der Waals surface area contributed by atoms with Crippen LogP contribution in [-0.4, -0.2) is 23.3 Å². The molecule has 28 heavy (non-hydrogen) atoms. The minimum absolute atomic E-state index is 0.00506. The molecule has 1 N–H and O–H groups in total. The van der Waals surface area contributed by atoms with Crippen LogP contribution in [0.15, 0.2) is 42.5 Å². The Bertz CT molecular complexity index is 888. The van der Waals surface area contributed by atoms with Gasteiger partial charge in [0, 0.05) is 17.2 Å². The standard InChI is InChI=1S/C23H25FN2O2/c1-15-7-12-20-19(13-15)22(16-8-10-18(24)11-9-16)26(14-21(27)25-20)23(28)17-5-3-2-4-6-17/h7-13,17,22H,2-6,14H2,1H3,(H,25,27). The topological polar surface area (TPSA) is 49.4 Å². The van der Waals surface area contributed by atoms with E-state index < -0.39 is 6.04 Å². The Labute approximate surface area is 164 Å². The van der Waals surface area contributed by atoms with Gasteiger partial charge in [0.1, 0.15) is 12.4 Å². The summed E-state index contributed by atoms with van der Waals surface area (Å²) in [6.45, 7) is 1.99. The molecule has 2 aromatic carbocycles. The fraction of sp³-hybridized carbons (Fsp3) is 0.391. The summed E-state index contributed by atoms with van der Waals surface area (Å²) in [4.78, 5) is 27.8. The van der Waals surface area contributed by atoms with Gasteiger partial charge in [-0.25, -0.2) is 4.39 Å². The monoisotopic (exact) mass is 380 g/mol. The molecule has 0 saturated heterocycles. The molecule has 4 nitrogen and oxygen atoms in total. The van der Waals surface area contributed by atoms with Crippen molar-refractivity contribution in [2.45, 2.75) is 45.1 Å². The minimum atomic E-state index is -0.413. The highest BCUT2D eigenvalue weighted by Crippen LogP contribution is 2.38. The Morgan fingerprint density at radius 2 is 1.79 bits per heavy atom. The van der Waals surface area contributed by atoms with Crippen LogP contribution < -0.4 is 5.32 Å². The second kappa shape index (κ2) is 7.74. The highest BCUT2D eigenvalue weighted by Gasteiger charge is 2.36. The molecule has 4 rings (SSSR count). The number of nitrogens with zero attached hydrogens (tertiary/aromatic N) is 1. The maximum atomic E-state index is 13.6. The molecular weight excluding hydrogens is 355 g/mol. The number of amides is 2. The molecular formula is C23H25FN2O2. The predicted molar refractivity (Wildman–Crippen MR) is 106 cm³/mol. The number of halogens is 1. The maximum absolute atomic E-state index is 13.6. The van der Waals surface area contributed by atoms with E-state index in [4.69, 9.17) is 0 Å². The van der Waals surface area contributed by atoms with Crippen LogP contribution in [0.3, 0.4) is 0 Å². The minimum Gasteiger partial charge on any atom is -0.324 e. The summed E-state index contributed by atoms with van der Waals surface area (Å²) in [5, 5.41) is 2.94. The number of benzene rings is 2. The predicted octanol–water partition coefficient (Wildman–Crippen LogP) is 4.58. The number of hydrogen-bond donors (Lipinski definition) is 1. The molecule has 2 aromatic rings.